The highest BCUT2D eigenvalue weighted by molar-refractivity contribution is 6.04. The van der Waals surface area contributed by atoms with Gasteiger partial charge in [-0.25, -0.2) is 4.98 Å². The minimum Gasteiger partial charge on any atom is -0.346 e. The van der Waals surface area contributed by atoms with Gasteiger partial charge in [0.25, 0.3) is 0 Å². The SMILES string of the molecule is CCCC(=O)c1cc(C)c(-c2cc3cnc4[nH]ccc4c3cn2)cn1. The molecule has 124 valence electrons. The van der Waals surface area contributed by atoms with Gasteiger partial charge in [-0.3, -0.25) is 14.8 Å². The second-order valence-electron chi connectivity index (χ2n) is 6.21. The maximum absolute atomic E-state index is 12.0. The fraction of sp³-hybridized carbons (Fsp3) is 0.200. The molecule has 5 heteroatoms. The summed E-state index contributed by atoms with van der Waals surface area (Å²) in [6, 6.07) is 5.88. The summed E-state index contributed by atoms with van der Waals surface area (Å²) < 4.78 is 0. The van der Waals surface area contributed by atoms with E-state index in [0.717, 1.165) is 45.0 Å². The van der Waals surface area contributed by atoms with Gasteiger partial charge in [-0.1, -0.05) is 6.92 Å². The Labute approximate surface area is 145 Å². The zero-order valence-electron chi connectivity index (χ0n) is 14.2. The number of rotatable bonds is 4. The van der Waals surface area contributed by atoms with Gasteiger partial charge in [0.05, 0.1) is 5.69 Å². The van der Waals surface area contributed by atoms with E-state index in [0.29, 0.717) is 12.1 Å². The summed E-state index contributed by atoms with van der Waals surface area (Å²) in [6.45, 7) is 3.98. The number of aryl methyl sites for hydroxylation is 1. The second-order valence-corrected chi connectivity index (χ2v) is 6.21. The molecule has 1 N–H and O–H groups in total. The number of aromatic amines is 1. The van der Waals surface area contributed by atoms with Crippen molar-refractivity contribution in [1.82, 2.24) is 19.9 Å². The van der Waals surface area contributed by atoms with E-state index in [9.17, 15) is 4.79 Å². The molecule has 0 radical (unpaired) electrons. The van der Waals surface area contributed by atoms with Crippen molar-refractivity contribution in [2.24, 2.45) is 0 Å². The Morgan fingerprint density at radius 1 is 1.08 bits per heavy atom. The maximum atomic E-state index is 12.0. The van der Waals surface area contributed by atoms with Crippen molar-refractivity contribution >= 4 is 27.6 Å². The van der Waals surface area contributed by atoms with Crippen LogP contribution < -0.4 is 0 Å². The van der Waals surface area contributed by atoms with Crippen molar-refractivity contribution in [3.05, 3.63) is 54.2 Å². The molecule has 0 unspecified atom stereocenters. The lowest BCUT2D eigenvalue weighted by Gasteiger charge is -2.08. The fourth-order valence-corrected chi connectivity index (χ4v) is 3.10. The first-order valence-corrected chi connectivity index (χ1v) is 8.39. The topological polar surface area (TPSA) is 71.5 Å². The highest BCUT2D eigenvalue weighted by Crippen LogP contribution is 2.27. The third kappa shape index (κ3) is 2.67. The molecule has 4 rings (SSSR count). The summed E-state index contributed by atoms with van der Waals surface area (Å²) in [6.07, 6.45) is 8.70. The lowest BCUT2D eigenvalue weighted by molar-refractivity contribution is 0.0977. The molecule has 0 aliphatic rings. The number of H-pyrrole nitrogens is 1. The number of pyridine rings is 3. The van der Waals surface area contributed by atoms with Crippen LogP contribution in [0.4, 0.5) is 0 Å². The lowest BCUT2D eigenvalue weighted by Crippen LogP contribution is -2.03. The molecular formula is C20H18N4O. The predicted molar refractivity (Wildman–Crippen MR) is 98.6 cm³/mol. The third-order valence-corrected chi connectivity index (χ3v) is 4.43. The molecule has 0 bridgehead atoms. The minimum absolute atomic E-state index is 0.0858. The first-order valence-electron chi connectivity index (χ1n) is 8.39. The van der Waals surface area contributed by atoms with Gasteiger partial charge in [-0.05, 0) is 37.1 Å². The molecule has 0 spiro atoms. The van der Waals surface area contributed by atoms with Gasteiger partial charge < -0.3 is 4.98 Å². The van der Waals surface area contributed by atoms with Crippen LogP contribution in [0.15, 0.2) is 43.0 Å². The molecular weight excluding hydrogens is 312 g/mol. The number of nitrogens with one attached hydrogen (secondary N) is 1. The highest BCUT2D eigenvalue weighted by Gasteiger charge is 2.12. The number of fused-ring (bicyclic) bond motifs is 3. The van der Waals surface area contributed by atoms with Crippen molar-refractivity contribution in [1.29, 1.82) is 0 Å². The average Bonchev–Trinajstić information content (AvgIpc) is 3.10. The molecule has 0 amide bonds. The van der Waals surface area contributed by atoms with Gasteiger partial charge in [0.1, 0.15) is 11.3 Å². The van der Waals surface area contributed by atoms with Gasteiger partial charge in [-0.2, -0.15) is 0 Å². The van der Waals surface area contributed by atoms with E-state index in [-0.39, 0.29) is 5.78 Å². The van der Waals surface area contributed by atoms with E-state index in [1.165, 1.54) is 0 Å². The molecule has 25 heavy (non-hydrogen) atoms. The van der Waals surface area contributed by atoms with E-state index in [1.54, 1.807) is 6.20 Å². The Kier molecular flexibility index (Phi) is 3.76. The molecule has 5 nitrogen and oxygen atoms in total. The number of hydrogen-bond donors (Lipinski definition) is 1. The first kappa shape index (κ1) is 15.4. The van der Waals surface area contributed by atoms with E-state index in [2.05, 4.69) is 19.9 Å². The normalized spacial score (nSPS) is 11.3. The molecule has 0 aliphatic heterocycles. The Morgan fingerprint density at radius 2 is 1.96 bits per heavy atom. The van der Waals surface area contributed by atoms with E-state index < -0.39 is 0 Å². The number of carbonyl (C=O) groups is 1. The average molecular weight is 330 g/mol. The van der Waals surface area contributed by atoms with E-state index in [1.807, 2.05) is 50.6 Å². The van der Waals surface area contributed by atoms with Crippen molar-refractivity contribution in [3.8, 4) is 11.3 Å². The largest absolute Gasteiger partial charge is 0.346 e. The van der Waals surface area contributed by atoms with Crippen LogP contribution in [0.1, 0.15) is 35.8 Å². The Morgan fingerprint density at radius 3 is 2.76 bits per heavy atom. The van der Waals surface area contributed by atoms with Crippen LogP contribution in [-0.4, -0.2) is 25.7 Å². The molecule has 0 fully saturated rings. The van der Waals surface area contributed by atoms with Crippen molar-refractivity contribution in [2.45, 2.75) is 26.7 Å². The standard InChI is InChI=1S/C20H18N4O/c1-3-4-19(25)18-7-12(2)15(10-23-18)17-8-13-9-24-20-14(5-6-21-20)16(13)11-22-17/h5-11H,3-4H2,1-2H3,(H,21,24). The molecule has 0 saturated carbocycles. The molecule has 0 saturated heterocycles. The predicted octanol–water partition coefficient (Wildman–Crippen LogP) is 4.46. The smallest absolute Gasteiger partial charge is 0.181 e. The van der Waals surface area contributed by atoms with Crippen LogP contribution in [0.25, 0.3) is 33.1 Å². The Bertz CT molecular complexity index is 1100. The van der Waals surface area contributed by atoms with Gasteiger partial charge in [0.2, 0.25) is 0 Å². The van der Waals surface area contributed by atoms with E-state index >= 15 is 0 Å². The fourth-order valence-electron chi connectivity index (χ4n) is 3.10. The van der Waals surface area contributed by atoms with Gasteiger partial charge in [0, 0.05) is 52.9 Å². The second kappa shape index (κ2) is 6.09. The Balaban J connectivity index is 1.78. The summed E-state index contributed by atoms with van der Waals surface area (Å²) >= 11 is 0. The summed E-state index contributed by atoms with van der Waals surface area (Å²) in [7, 11) is 0. The van der Waals surface area contributed by atoms with Crippen LogP contribution in [0, 0.1) is 6.92 Å². The summed E-state index contributed by atoms with van der Waals surface area (Å²) in [5.41, 5.74) is 4.16. The van der Waals surface area contributed by atoms with Crippen LogP contribution in [0.2, 0.25) is 0 Å². The molecule has 0 aromatic carbocycles. The molecule has 4 heterocycles. The number of nitrogens with zero attached hydrogens (tertiary/aromatic N) is 3. The van der Waals surface area contributed by atoms with Crippen molar-refractivity contribution in [2.75, 3.05) is 0 Å². The number of Topliss-reactive ketones (excluding diaryl/α,β-unsaturated/α-hetero) is 1. The minimum atomic E-state index is 0.0858. The van der Waals surface area contributed by atoms with Crippen LogP contribution in [-0.2, 0) is 0 Å². The lowest BCUT2D eigenvalue weighted by atomic mass is 10.0. The van der Waals surface area contributed by atoms with Crippen LogP contribution in [0.5, 0.6) is 0 Å². The van der Waals surface area contributed by atoms with Crippen molar-refractivity contribution < 1.29 is 4.79 Å². The molecule has 0 atom stereocenters. The summed E-state index contributed by atoms with van der Waals surface area (Å²) in [5.74, 6) is 0.0858. The monoisotopic (exact) mass is 330 g/mol. The zero-order chi connectivity index (χ0) is 17.4. The number of aromatic nitrogens is 4. The number of hydrogen-bond acceptors (Lipinski definition) is 4. The van der Waals surface area contributed by atoms with Crippen molar-refractivity contribution in [3.63, 3.8) is 0 Å². The highest BCUT2D eigenvalue weighted by atomic mass is 16.1. The summed E-state index contributed by atoms with van der Waals surface area (Å²) in [4.78, 5) is 28.5. The molecule has 4 aromatic heterocycles. The van der Waals surface area contributed by atoms with Gasteiger partial charge in [-0.15, -0.1) is 0 Å². The maximum Gasteiger partial charge on any atom is 0.181 e. The first-order chi connectivity index (χ1) is 12.2. The zero-order valence-corrected chi connectivity index (χ0v) is 14.2. The summed E-state index contributed by atoms with van der Waals surface area (Å²) in [5, 5.41) is 3.16. The van der Waals surface area contributed by atoms with Crippen LogP contribution >= 0.6 is 0 Å². The quantitative estimate of drug-likeness (QED) is 0.561. The van der Waals surface area contributed by atoms with Crippen LogP contribution in [0.3, 0.4) is 0 Å². The molecule has 0 aliphatic carbocycles. The number of ketones is 1. The number of carbonyl (C=O) groups excluding carboxylic acids is 1. The third-order valence-electron chi connectivity index (χ3n) is 4.43. The van der Waals surface area contributed by atoms with Gasteiger partial charge >= 0.3 is 0 Å². The van der Waals surface area contributed by atoms with E-state index in [4.69, 9.17) is 0 Å². The molecule has 4 aromatic rings. The van der Waals surface area contributed by atoms with Gasteiger partial charge in [0.15, 0.2) is 5.78 Å². The Hall–Kier alpha value is -3.08.